The van der Waals surface area contributed by atoms with E-state index in [1.54, 1.807) is 0 Å². The average Bonchev–Trinajstić information content (AvgIpc) is 2.78. The summed E-state index contributed by atoms with van der Waals surface area (Å²) in [6.45, 7) is 6.10. The maximum Gasteiger partial charge on any atom is 0.00758 e. The molecule has 0 radical (unpaired) electrons. The number of benzene rings is 2. The van der Waals surface area contributed by atoms with E-state index in [9.17, 15) is 0 Å². The molecule has 0 aliphatic heterocycles. The summed E-state index contributed by atoms with van der Waals surface area (Å²) in [4.78, 5) is 2.53. The van der Waals surface area contributed by atoms with Gasteiger partial charge in [0.2, 0.25) is 0 Å². The topological polar surface area (TPSA) is 0 Å². The van der Waals surface area contributed by atoms with Crippen molar-refractivity contribution in [1.29, 1.82) is 0 Å². The molecule has 1 heteroatoms. The quantitative estimate of drug-likeness (QED) is 0.592. The van der Waals surface area contributed by atoms with Crippen LogP contribution in [0.2, 0.25) is 0 Å². The number of thiol groups is 1. The molecule has 0 fully saturated rings. The van der Waals surface area contributed by atoms with Gasteiger partial charge in [0.05, 0.1) is 0 Å². The molecule has 0 heterocycles. The molecule has 0 N–H and O–H groups in total. The highest BCUT2D eigenvalue weighted by Gasteiger charge is 2.18. The lowest BCUT2D eigenvalue weighted by Crippen LogP contribution is -1.90. The number of hydrogen-bond donors (Lipinski definition) is 1. The van der Waals surface area contributed by atoms with Gasteiger partial charge in [0, 0.05) is 4.86 Å². The maximum absolute atomic E-state index is 4.03. The fourth-order valence-corrected chi connectivity index (χ4v) is 3.31. The van der Waals surface area contributed by atoms with E-state index in [2.05, 4.69) is 74.2 Å². The van der Waals surface area contributed by atoms with Crippen LogP contribution in [-0.2, 0) is 0 Å². The van der Waals surface area contributed by atoms with Gasteiger partial charge >= 0.3 is 0 Å². The van der Waals surface area contributed by atoms with Crippen LogP contribution in [-0.4, -0.2) is 4.86 Å². The Labute approximate surface area is 118 Å². The second-order valence-corrected chi connectivity index (χ2v) is 6.17. The molecule has 0 nitrogen and oxygen atoms in total. The summed E-state index contributed by atoms with van der Waals surface area (Å²) in [5.74, 6) is 0. The first-order chi connectivity index (χ1) is 9.25. The molecule has 94 valence electrons. The highest BCUT2D eigenvalue weighted by atomic mass is 32.1. The van der Waals surface area contributed by atoms with Crippen LogP contribution in [0.15, 0.2) is 72.2 Å². The number of hydrogen-bond acceptors (Lipinski definition) is 0. The molecule has 3 rings (SSSR count). The Morgan fingerprint density at radius 1 is 0.895 bits per heavy atom. The molecule has 1 aliphatic carbocycles. The molecule has 0 aromatic heterocycles. The van der Waals surface area contributed by atoms with Gasteiger partial charge in [-0.15, -0.1) is 0 Å². The molecular weight excluding hydrogens is 248 g/mol. The molecule has 0 atom stereocenters. The zero-order valence-corrected chi connectivity index (χ0v) is 11.8. The largest absolute Gasteiger partial charge is 0.166 e. The maximum atomic E-state index is 4.03. The van der Waals surface area contributed by atoms with Crippen LogP contribution in [0.4, 0.5) is 0 Å². The predicted octanol–water partition coefficient (Wildman–Crippen LogP) is 4.65. The Balaban J connectivity index is 2.19. The SMILES string of the molecule is C=C(C)/[SH]=C1\C=C(c2ccccc2)c2ccccc21. The number of allylic oxidation sites excluding steroid dienone is 2. The van der Waals surface area contributed by atoms with Gasteiger partial charge in [0.25, 0.3) is 0 Å². The van der Waals surface area contributed by atoms with Crippen LogP contribution in [0.25, 0.3) is 5.57 Å². The smallest absolute Gasteiger partial charge is 0.00758 e. The highest BCUT2D eigenvalue weighted by molar-refractivity contribution is 8.03. The lowest BCUT2D eigenvalue weighted by molar-refractivity contribution is 1.56. The fourth-order valence-electron chi connectivity index (χ4n) is 2.39. The third kappa shape index (κ3) is 2.34. The molecule has 0 unspecified atom stereocenters. The Bertz CT molecular complexity index is 691. The van der Waals surface area contributed by atoms with E-state index in [4.69, 9.17) is 0 Å². The minimum atomic E-state index is 1.18. The van der Waals surface area contributed by atoms with Gasteiger partial charge in [-0.05, 0) is 40.2 Å². The van der Waals surface area contributed by atoms with E-state index in [0.717, 1.165) is 0 Å². The Hall–Kier alpha value is -1.86. The van der Waals surface area contributed by atoms with Crippen LogP contribution in [0.5, 0.6) is 0 Å². The first kappa shape index (κ1) is 12.2. The van der Waals surface area contributed by atoms with Gasteiger partial charge < -0.3 is 0 Å². The Morgan fingerprint density at radius 2 is 1.53 bits per heavy atom. The van der Waals surface area contributed by atoms with Crippen LogP contribution < -0.4 is 0 Å². The molecule has 2 aromatic rings. The predicted molar refractivity (Wildman–Crippen MR) is 87.9 cm³/mol. The van der Waals surface area contributed by atoms with E-state index in [0.29, 0.717) is 0 Å². The van der Waals surface area contributed by atoms with Crippen molar-refractivity contribution in [2.24, 2.45) is 0 Å². The second-order valence-electron chi connectivity index (χ2n) is 4.70. The molecule has 1 aliphatic rings. The molecule has 0 saturated heterocycles. The summed E-state index contributed by atoms with van der Waals surface area (Å²) < 4.78 is 0. The van der Waals surface area contributed by atoms with Gasteiger partial charge in [-0.2, -0.15) is 11.4 Å². The normalized spacial score (nSPS) is 15.6. The fraction of sp³-hybridized carbons (Fsp3) is 0.0556. The van der Waals surface area contributed by atoms with Crippen LogP contribution >= 0.6 is 11.4 Å². The van der Waals surface area contributed by atoms with E-state index >= 15 is 0 Å². The van der Waals surface area contributed by atoms with Crippen molar-refractivity contribution in [3.8, 4) is 0 Å². The lowest BCUT2D eigenvalue weighted by Gasteiger charge is -2.05. The summed E-state index contributed by atoms with van der Waals surface area (Å²) in [5.41, 5.74) is 5.27. The van der Waals surface area contributed by atoms with Gasteiger partial charge in [-0.3, -0.25) is 0 Å². The van der Waals surface area contributed by atoms with Gasteiger partial charge in [-0.1, -0.05) is 61.2 Å². The van der Waals surface area contributed by atoms with E-state index in [1.165, 1.54) is 43.4 Å². The van der Waals surface area contributed by atoms with Crippen molar-refractivity contribution in [1.82, 2.24) is 0 Å². The van der Waals surface area contributed by atoms with Crippen LogP contribution in [0.3, 0.4) is 0 Å². The summed E-state index contributed by atoms with van der Waals surface area (Å²) in [7, 11) is 0. The molecule has 2 aromatic carbocycles. The van der Waals surface area contributed by atoms with Crippen molar-refractivity contribution in [2.75, 3.05) is 0 Å². The molecule has 0 saturated carbocycles. The van der Waals surface area contributed by atoms with E-state index in [-0.39, 0.29) is 0 Å². The first-order valence-electron chi connectivity index (χ1n) is 6.37. The number of rotatable bonds is 2. The van der Waals surface area contributed by atoms with Crippen molar-refractivity contribution >= 4 is 21.8 Å². The van der Waals surface area contributed by atoms with Gasteiger partial charge in [0.15, 0.2) is 0 Å². The van der Waals surface area contributed by atoms with Crippen LogP contribution in [0.1, 0.15) is 23.6 Å². The summed E-state index contributed by atoms with van der Waals surface area (Å²) in [6, 6.07) is 19.2. The lowest BCUT2D eigenvalue weighted by atomic mass is 9.99. The first-order valence-corrected chi connectivity index (χ1v) is 7.26. The van der Waals surface area contributed by atoms with E-state index < -0.39 is 0 Å². The van der Waals surface area contributed by atoms with Gasteiger partial charge in [-0.25, -0.2) is 0 Å². The minimum Gasteiger partial charge on any atom is -0.166 e. The minimum absolute atomic E-state index is 1.18. The van der Waals surface area contributed by atoms with Crippen molar-refractivity contribution in [3.63, 3.8) is 0 Å². The monoisotopic (exact) mass is 264 g/mol. The zero-order valence-electron chi connectivity index (χ0n) is 10.9. The Morgan fingerprint density at radius 3 is 2.21 bits per heavy atom. The van der Waals surface area contributed by atoms with Crippen LogP contribution in [0, 0.1) is 0 Å². The molecule has 0 bridgehead atoms. The standard InChI is InChI=1S/C18H16S/c1-13(2)19-18-12-17(14-8-4-3-5-9-14)15-10-6-7-11-16(15)18/h3-12,19H,1H2,2H3. The Kier molecular flexibility index (Phi) is 3.22. The van der Waals surface area contributed by atoms with E-state index in [1.807, 2.05) is 0 Å². The highest BCUT2D eigenvalue weighted by Crippen LogP contribution is 2.34. The third-order valence-corrected chi connectivity index (χ3v) is 4.16. The summed E-state index contributed by atoms with van der Waals surface area (Å²) in [6.07, 6.45) is 2.30. The zero-order chi connectivity index (χ0) is 13.2. The van der Waals surface area contributed by atoms with Crippen molar-refractivity contribution in [3.05, 3.63) is 88.8 Å². The van der Waals surface area contributed by atoms with Crippen molar-refractivity contribution < 1.29 is 0 Å². The van der Waals surface area contributed by atoms with Crippen molar-refractivity contribution in [2.45, 2.75) is 6.92 Å². The average molecular weight is 264 g/mol. The number of fused-ring (bicyclic) bond motifs is 1. The second kappa shape index (κ2) is 5.02. The van der Waals surface area contributed by atoms with Gasteiger partial charge in [0.1, 0.15) is 0 Å². The molecular formula is C18H16S. The molecule has 0 spiro atoms. The third-order valence-electron chi connectivity index (χ3n) is 3.17. The molecule has 0 amide bonds. The summed E-state index contributed by atoms with van der Waals surface area (Å²) in [5, 5.41) is 0. The summed E-state index contributed by atoms with van der Waals surface area (Å²) >= 11 is 1.22. The molecule has 19 heavy (non-hydrogen) atoms.